The van der Waals surface area contributed by atoms with Crippen LogP contribution >= 0.6 is 0 Å². The van der Waals surface area contributed by atoms with Gasteiger partial charge in [-0.15, -0.1) is 0 Å². The van der Waals surface area contributed by atoms with Crippen molar-refractivity contribution in [2.45, 2.75) is 96.9 Å². The normalized spacial score (nSPS) is 19.4. The number of amides is 1. The number of halogens is 6. The molecule has 2 aromatic heterocycles. The summed E-state index contributed by atoms with van der Waals surface area (Å²) in [7, 11) is 0. The van der Waals surface area contributed by atoms with Crippen molar-refractivity contribution >= 4 is 29.4 Å². The molecule has 0 N–H and O–H groups in total. The quantitative estimate of drug-likeness (QED) is 0.0262. The Morgan fingerprint density at radius 3 is 2.40 bits per heavy atom. The van der Waals surface area contributed by atoms with E-state index in [1.54, 1.807) is 28.5 Å². The number of hydrogen-bond acceptors (Lipinski definition) is 8. The van der Waals surface area contributed by atoms with E-state index in [-0.39, 0.29) is 63.3 Å². The molecule has 1 aliphatic heterocycles. The molecule has 306 valence electrons. The fraction of sp³-hybridized carbons (Fsp3) is 0.405. The number of carbonyl (C=O) groups excluding carboxylic acids is 3. The zero-order valence-electron chi connectivity index (χ0n) is 31.8. The number of fused-ring (bicyclic) bond motifs is 4. The lowest BCUT2D eigenvalue weighted by Gasteiger charge is -2.36. The Morgan fingerprint density at radius 2 is 1.71 bits per heavy atom. The molecule has 0 fully saturated rings. The maximum Gasteiger partial charge on any atom is 0.410 e. The smallest absolute Gasteiger partial charge is 0.410 e. The molecule has 10 nitrogen and oxygen atoms in total. The Labute approximate surface area is 328 Å². The highest BCUT2D eigenvalue weighted by Crippen LogP contribution is 2.46. The van der Waals surface area contributed by atoms with Gasteiger partial charge in [-0.1, -0.05) is 19.9 Å². The van der Waals surface area contributed by atoms with Gasteiger partial charge in [0, 0.05) is 23.6 Å². The van der Waals surface area contributed by atoms with E-state index in [0.29, 0.717) is 69.4 Å². The highest BCUT2D eigenvalue weighted by molar-refractivity contribution is 5.92. The molecule has 2 aliphatic carbocycles. The van der Waals surface area contributed by atoms with Crippen LogP contribution in [-0.4, -0.2) is 45.6 Å². The summed E-state index contributed by atoms with van der Waals surface area (Å²) >= 11 is 0. The van der Waals surface area contributed by atoms with Crippen molar-refractivity contribution in [1.82, 2.24) is 14.5 Å². The number of ether oxygens (including phenoxy) is 3. The Hall–Kier alpha value is -5.67. The summed E-state index contributed by atoms with van der Waals surface area (Å²) in [4.78, 5) is 58.8. The average Bonchev–Trinajstić information content (AvgIpc) is 3.57. The van der Waals surface area contributed by atoms with E-state index in [0.717, 1.165) is 0 Å². The van der Waals surface area contributed by atoms with Crippen LogP contribution in [0.2, 0.25) is 0 Å². The second kappa shape index (κ2) is 16.3. The molecule has 4 unspecified atom stereocenters. The van der Waals surface area contributed by atoms with Crippen LogP contribution in [0.4, 0.5) is 31.1 Å². The van der Waals surface area contributed by atoms with Crippen LogP contribution in [0.5, 0.6) is 5.75 Å². The van der Waals surface area contributed by atoms with E-state index in [9.17, 15) is 41.1 Å². The molecule has 1 amide bonds. The maximum absolute atomic E-state index is 15.0. The van der Waals surface area contributed by atoms with E-state index in [4.69, 9.17) is 19.2 Å². The van der Waals surface area contributed by atoms with Gasteiger partial charge < -0.3 is 23.7 Å². The van der Waals surface area contributed by atoms with Gasteiger partial charge in [-0.2, -0.15) is 8.78 Å². The lowest BCUT2D eigenvalue weighted by molar-refractivity contribution is -0.140. The fourth-order valence-electron chi connectivity index (χ4n) is 8.36. The van der Waals surface area contributed by atoms with Crippen molar-refractivity contribution in [3.63, 3.8) is 0 Å². The van der Waals surface area contributed by atoms with Crippen LogP contribution in [0.3, 0.4) is 0 Å². The SMILES string of the molecule is CCC(C)c1cc2n(c(=O)c1COC=O)Cc1c-2nc2cc(F)cc3c2c1C(N(CC)C(=O)OC1/C=C\CCC(C(=O)Oc2c(F)c(F)c(F)c(F)c2F)CC1)CC3. The highest BCUT2D eigenvalue weighted by atomic mass is 19.2. The number of pyridine rings is 2. The average molecular weight is 812 g/mol. The van der Waals surface area contributed by atoms with Gasteiger partial charge in [0.05, 0.1) is 41.0 Å². The first-order valence-electron chi connectivity index (χ1n) is 19.1. The molecule has 16 heteroatoms. The lowest BCUT2D eigenvalue weighted by Crippen LogP contribution is -2.39. The van der Waals surface area contributed by atoms with Gasteiger partial charge in [0.15, 0.2) is 0 Å². The second-order valence-corrected chi connectivity index (χ2v) is 14.7. The molecule has 0 radical (unpaired) electrons. The molecule has 4 aromatic rings. The zero-order valence-corrected chi connectivity index (χ0v) is 31.8. The molecular weight excluding hydrogens is 772 g/mol. The highest BCUT2D eigenvalue weighted by Gasteiger charge is 2.39. The van der Waals surface area contributed by atoms with Gasteiger partial charge in [0.25, 0.3) is 12.0 Å². The molecule has 0 saturated carbocycles. The third-order valence-electron chi connectivity index (χ3n) is 11.5. The Balaban J connectivity index is 1.18. The van der Waals surface area contributed by atoms with E-state index in [1.165, 1.54) is 12.1 Å². The van der Waals surface area contributed by atoms with Gasteiger partial charge >= 0.3 is 12.1 Å². The summed E-state index contributed by atoms with van der Waals surface area (Å²) in [5, 5.41) is 0.677. The molecule has 3 aliphatic rings. The first kappa shape index (κ1) is 40.5. The lowest BCUT2D eigenvalue weighted by atomic mass is 9.83. The standard InChI is InChI=1S/C42H39F6N3O7/c1-4-20(3)25-16-30-38-26(17-51(30)40(53)27(25)18-56-19-52)32-29(13-11-22-14-23(43)15-28(49-38)31(22)32)50(5-2)42(55)57-24-9-7-6-8-21(10-12-24)41(54)58-39-36(47)34(45)33(44)35(46)37(39)48/h7,9,14-16,19-21,24,29H,4-6,8,10-13,17-18H2,1-3H3/b9-7-. The van der Waals surface area contributed by atoms with E-state index in [1.807, 2.05) is 19.9 Å². The monoisotopic (exact) mass is 811 g/mol. The molecule has 7 rings (SSSR count). The molecule has 0 spiro atoms. The summed E-state index contributed by atoms with van der Waals surface area (Å²) in [6.07, 6.45) is 3.68. The van der Waals surface area contributed by atoms with E-state index >= 15 is 4.39 Å². The van der Waals surface area contributed by atoms with Gasteiger partial charge in [-0.25, -0.2) is 27.3 Å². The molecule has 0 saturated heterocycles. The van der Waals surface area contributed by atoms with Crippen LogP contribution in [-0.2, 0) is 38.6 Å². The summed E-state index contributed by atoms with van der Waals surface area (Å²) in [6.45, 7) is 6.07. The van der Waals surface area contributed by atoms with Crippen LogP contribution in [0, 0.1) is 40.8 Å². The third kappa shape index (κ3) is 7.10. The molecule has 2 aromatic carbocycles. The first-order valence-corrected chi connectivity index (χ1v) is 19.1. The Bertz CT molecular complexity index is 2410. The number of rotatable bonds is 10. The van der Waals surface area contributed by atoms with E-state index < -0.39 is 70.8 Å². The largest absolute Gasteiger partial charge is 0.463 e. The van der Waals surface area contributed by atoms with Crippen molar-refractivity contribution < 1.29 is 54.9 Å². The number of hydrogen-bond donors (Lipinski definition) is 0. The predicted octanol–water partition coefficient (Wildman–Crippen LogP) is 8.61. The number of aromatic nitrogens is 2. The van der Waals surface area contributed by atoms with Crippen molar-refractivity contribution in [1.29, 1.82) is 0 Å². The van der Waals surface area contributed by atoms with Gasteiger partial charge in [-0.3, -0.25) is 14.4 Å². The third-order valence-corrected chi connectivity index (χ3v) is 11.5. The van der Waals surface area contributed by atoms with Gasteiger partial charge in [-0.05, 0) is 92.7 Å². The number of nitrogens with zero attached hydrogens (tertiary/aromatic N) is 3. The minimum Gasteiger partial charge on any atom is -0.463 e. The Morgan fingerprint density at radius 1 is 0.983 bits per heavy atom. The molecule has 4 atom stereocenters. The second-order valence-electron chi connectivity index (χ2n) is 14.7. The number of allylic oxidation sites excluding steroid dienone is 1. The van der Waals surface area contributed by atoms with Crippen LogP contribution in [0.25, 0.3) is 22.3 Å². The Kier molecular flexibility index (Phi) is 11.4. The number of benzene rings is 2. The minimum atomic E-state index is -2.38. The zero-order chi connectivity index (χ0) is 41.6. The predicted molar refractivity (Wildman–Crippen MR) is 197 cm³/mol. The fourth-order valence-corrected chi connectivity index (χ4v) is 8.36. The summed E-state index contributed by atoms with van der Waals surface area (Å²) in [6, 6.07) is 4.05. The van der Waals surface area contributed by atoms with Crippen molar-refractivity contribution in [3.8, 4) is 17.1 Å². The van der Waals surface area contributed by atoms with Crippen molar-refractivity contribution in [3.05, 3.63) is 103 Å². The number of carbonyl (C=O) groups is 3. The molecular formula is C42H39F6N3O7. The molecule has 0 bridgehead atoms. The molecule has 3 heterocycles. The van der Waals surface area contributed by atoms with Crippen LogP contribution in [0.1, 0.15) is 99.1 Å². The summed E-state index contributed by atoms with van der Waals surface area (Å²) < 4.78 is 102. The maximum atomic E-state index is 15.0. The molecule has 58 heavy (non-hydrogen) atoms. The minimum absolute atomic E-state index is 0.00494. The van der Waals surface area contributed by atoms with Crippen molar-refractivity contribution in [2.75, 3.05) is 6.54 Å². The van der Waals surface area contributed by atoms with Gasteiger partial charge in [0.2, 0.25) is 34.8 Å². The van der Waals surface area contributed by atoms with Crippen molar-refractivity contribution in [2.24, 2.45) is 5.92 Å². The topological polar surface area (TPSA) is 117 Å². The van der Waals surface area contributed by atoms with Crippen LogP contribution in [0.15, 0.2) is 35.1 Å². The number of esters is 1. The van der Waals surface area contributed by atoms with Gasteiger partial charge in [0.1, 0.15) is 18.5 Å². The van der Waals surface area contributed by atoms with Crippen LogP contribution < -0.4 is 10.3 Å². The first-order chi connectivity index (χ1) is 27.8. The summed E-state index contributed by atoms with van der Waals surface area (Å²) in [5.74, 6) is -15.9. The summed E-state index contributed by atoms with van der Waals surface area (Å²) in [5.41, 5.74) is 4.18. The number of aryl methyl sites for hydroxylation is 1. The van der Waals surface area contributed by atoms with E-state index in [2.05, 4.69) is 0 Å².